The molecule has 2 N–H and O–H groups in total. The fourth-order valence-corrected chi connectivity index (χ4v) is 5.20. The molecule has 152 valence electrons. The highest BCUT2D eigenvalue weighted by molar-refractivity contribution is 6.11. The first-order valence-electron chi connectivity index (χ1n) is 9.97. The molecule has 2 heterocycles. The first-order chi connectivity index (χ1) is 13.7. The van der Waals surface area contributed by atoms with Gasteiger partial charge in [0.1, 0.15) is 12.1 Å². The normalized spacial score (nSPS) is 26.0. The van der Waals surface area contributed by atoms with E-state index >= 15 is 0 Å². The zero-order valence-corrected chi connectivity index (χ0v) is 17.0. The van der Waals surface area contributed by atoms with Crippen LogP contribution in [0.1, 0.15) is 40.0 Å². The maximum atomic E-state index is 13.2. The van der Waals surface area contributed by atoms with Crippen molar-refractivity contribution in [2.75, 3.05) is 11.9 Å². The van der Waals surface area contributed by atoms with E-state index in [1.54, 1.807) is 24.4 Å². The summed E-state index contributed by atoms with van der Waals surface area (Å²) in [5, 5.41) is 6.52. The third-order valence-corrected chi connectivity index (χ3v) is 5.85. The topological polar surface area (TPSA) is 91.4 Å². The Balaban J connectivity index is 1.51. The van der Waals surface area contributed by atoms with Gasteiger partial charge in [-0.3, -0.25) is 19.5 Å². The Morgan fingerprint density at radius 3 is 2.79 bits per heavy atom. The predicted octanol–water partition coefficient (Wildman–Crippen LogP) is 3.31. The van der Waals surface area contributed by atoms with Crippen LogP contribution in [0, 0.1) is 11.3 Å². The molecular weight excluding hydrogens is 368 g/mol. The molecule has 2 fully saturated rings. The number of aromatic nitrogens is 1. The fraction of sp³-hybridized carbons (Fsp3) is 0.455. The number of hydrogen-bond donors (Lipinski definition) is 2. The molecular formula is C22H26N4O3. The third-order valence-electron chi connectivity index (χ3n) is 5.85. The van der Waals surface area contributed by atoms with Crippen LogP contribution in [0.5, 0.6) is 0 Å². The van der Waals surface area contributed by atoms with Crippen molar-refractivity contribution >= 4 is 34.4 Å². The van der Waals surface area contributed by atoms with Gasteiger partial charge in [0, 0.05) is 11.6 Å². The number of anilines is 1. The number of urea groups is 1. The lowest BCUT2D eigenvalue weighted by Gasteiger charge is -2.43. The summed E-state index contributed by atoms with van der Waals surface area (Å²) in [6.45, 7) is 6.03. The van der Waals surface area contributed by atoms with E-state index in [4.69, 9.17) is 0 Å². The van der Waals surface area contributed by atoms with Crippen LogP contribution in [-0.2, 0) is 9.59 Å². The molecule has 29 heavy (non-hydrogen) atoms. The SMILES string of the molecule is C[C@@H]1CC(C)(C)C[C@]2(C1)NC(=O)N(CC(=O)Nc1cccc3ncccc13)C2=O. The lowest BCUT2D eigenvalue weighted by atomic mass is 9.64. The first kappa shape index (κ1) is 19.4. The number of rotatable bonds is 3. The van der Waals surface area contributed by atoms with Gasteiger partial charge in [0.15, 0.2) is 0 Å². The van der Waals surface area contributed by atoms with E-state index in [0.29, 0.717) is 24.4 Å². The number of fused-ring (bicyclic) bond motifs is 1. The smallest absolute Gasteiger partial charge is 0.324 e. The van der Waals surface area contributed by atoms with Crippen LogP contribution in [-0.4, -0.2) is 39.8 Å². The lowest BCUT2D eigenvalue weighted by Crippen LogP contribution is -2.54. The van der Waals surface area contributed by atoms with Crippen molar-refractivity contribution in [2.45, 2.75) is 45.6 Å². The number of imide groups is 1. The highest BCUT2D eigenvalue weighted by atomic mass is 16.2. The summed E-state index contributed by atoms with van der Waals surface area (Å²) in [4.78, 5) is 43.7. The molecule has 2 aliphatic rings. The van der Waals surface area contributed by atoms with Gasteiger partial charge in [-0.1, -0.05) is 26.8 Å². The number of amides is 4. The summed E-state index contributed by atoms with van der Waals surface area (Å²) in [7, 11) is 0. The Morgan fingerprint density at radius 1 is 1.24 bits per heavy atom. The van der Waals surface area contributed by atoms with E-state index in [2.05, 4.69) is 36.4 Å². The molecule has 2 atom stereocenters. The molecule has 1 aromatic carbocycles. The van der Waals surface area contributed by atoms with Crippen molar-refractivity contribution < 1.29 is 14.4 Å². The van der Waals surface area contributed by atoms with E-state index in [1.165, 1.54) is 0 Å². The van der Waals surface area contributed by atoms with Crippen molar-refractivity contribution in [1.82, 2.24) is 15.2 Å². The van der Waals surface area contributed by atoms with Crippen molar-refractivity contribution in [3.63, 3.8) is 0 Å². The maximum absolute atomic E-state index is 13.2. The first-order valence-corrected chi connectivity index (χ1v) is 9.97. The highest BCUT2D eigenvalue weighted by Gasteiger charge is 2.56. The largest absolute Gasteiger partial charge is 0.325 e. The molecule has 0 radical (unpaired) electrons. The van der Waals surface area contributed by atoms with Crippen molar-refractivity contribution in [3.8, 4) is 0 Å². The number of carbonyl (C=O) groups excluding carboxylic acids is 3. The number of pyridine rings is 1. The summed E-state index contributed by atoms with van der Waals surface area (Å²) >= 11 is 0. The monoisotopic (exact) mass is 394 g/mol. The maximum Gasteiger partial charge on any atom is 0.325 e. The van der Waals surface area contributed by atoms with E-state index in [1.807, 2.05) is 12.1 Å². The second-order valence-corrected chi connectivity index (χ2v) is 9.18. The zero-order chi connectivity index (χ0) is 20.8. The molecule has 0 unspecified atom stereocenters. The molecule has 7 nitrogen and oxygen atoms in total. The summed E-state index contributed by atoms with van der Waals surface area (Å²) in [6, 6.07) is 8.62. The van der Waals surface area contributed by atoms with Gasteiger partial charge in [0.25, 0.3) is 5.91 Å². The Bertz CT molecular complexity index is 997. The van der Waals surface area contributed by atoms with Crippen molar-refractivity contribution in [1.29, 1.82) is 0 Å². The van der Waals surface area contributed by atoms with Gasteiger partial charge in [0.05, 0.1) is 11.2 Å². The molecule has 1 saturated heterocycles. The van der Waals surface area contributed by atoms with Crippen molar-refractivity contribution in [3.05, 3.63) is 36.5 Å². The summed E-state index contributed by atoms with van der Waals surface area (Å²) < 4.78 is 0. The predicted molar refractivity (Wildman–Crippen MR) is 110 cm³/mol. The van der Waals surface area contributed by atoms with Crippen molar-refractivity contribution in [2.24, 2.45) is 11.3 Å². The van der Waals surface area contributed by atoms with Crippen LogP contribution in [0.3, 0.4) is 0 Å². The van der Waals surface area contributed by atoms with Crippen LogP contribution >= 0.6 is 0 Å². The number of hydrogen-bond acceptors (Lipinski definition) is 4. The summed E-state index contributed by atoms with van der Waals surface area (Å²) in [6.07, 6.45) is 3.89. The molecule has 1 aromatic heterocycles. The van der Waals surface area contributed by atoms with Gasteiger partial charge in [-0.15, -0.1) is 0 Å². The molecule has 1 spiro atoms. The number of nitrogens with one attached hydrogen (secondary N) is 2. The molecule has 4 rings (SSSR count). The Labute approximate surface area is 169 Å². The van der Waals surface area contributed by atoms with Crippen LogP contribution in [0.4, 0.5) is 10.5 Å². The van der Waals surface area contributed by atoms with E-state index in [9.17, 15) is 14.4 Å². The molecule has 7 heteroatoms. The Kier molecular flexibility index (Phi) is 4.56. The Morgan fingerprint density at radius 2 is 2.03 bits per heavy atom. The molecule has 1 aliphatic carbocycles. The number of carbonyl (C=O) groups is 3. The van der Waals surface area contributed by atoms with Crippen LogP contribution in [0.25, 0.3) is 10.9 Å². The Hall–Kier alpha value is -2.96. The minimum absolute atomic E-state index is 0.0468. The average Bonchev–Trinajstić information content (AvgIpc) is 2.83. The quantitative estimate of drug-likeness (QED) is 0.782. The average molecular weight is 394 g/mol. The van der Waals surface area contributed by atoms with Gasteiger partial charge < -0.3 is 10.6 Å². The van der Waals surface area contributed by atoms with Gasteiger partial charge >= 0.3 is 6.03 Å². The molecule has 1 saturated carbocycles. The number of nitrogens with zero attached hydrogens (tertiary/aromatic N) is 2. The van der Waals surface area contributed by atoms with Gasteiger partial charge in [-0.25, -0.2) is 4.79 Å². The third kappa shape index (κ3) is 3.57. The van der Waals surface area contributed by atoms with Crippen LogP contribution in [0.15, 0.2) is 36.5 Å². The standard InChI is InChI=1S/C22H26N4O3/c1-14-10-21(2,3)13-22(11-14)19(28)26(20(29)25-22)12-18(27)24-17-8-4-7-16-15(17)6-5-9-23-16/h4-9,14H,10-13H2,1-3H3,(H,24,27)(H,25,29)/t14-,22+/m1/s1. The number of benzene rings is 1. The summed E-state index contributed by atoms with van der Waals surface area (Å²) in [5.41, 5.74) is 0.420. The zero-order valence-electron chi connectivity index (χ0n) is 17.0. The second-order valence-electron chi connectivity index (χ2n) is 9.18. The minimum atomic E-state index is -0.901. The van der Waals surface area contributed by atoms with Crippen LogP contribution in [0.2, 0.25) is 0 Å². The molecule has 0 bridgehead atoms. The fourth-order valence-electron chi connectivity index (χ4n) is 5.20. The van der Waals surface area contributed by atoms with E-state index < -0.39 is 17.5 Å². The van der Waals surface area contributed by atoms with Gasteiger partial charge in [0.2, 0.25) is 5.91 Å². The molecule has 4 amide bonds. The van der Waals surface area contributed by atoms with E-state index in [0.717, 1.165) is 22.2 Å². The van der Waals surface area contributed by atoms with Gasteiger partial charge in [-0.2, -0.15) is 0 Å². The van der Waals surface area contributed by atoms with Gasteiger partial charge in [-0.05, 0) is 54.9 Å². The molecule has 2 aromatic rings. The second kappa shape index (κ2) is 6.83. The van der Waals surface area contributed by atoms with Crippen LogP contribution < -0.4 is 10.6 Å². The molecule has 1 aliphatic heterocycles. The lowest BCUT2D eigenvalue weighted by molar-refractivity contribution is -0.136. The highest BCUT2D eigenvalue weighted by Crippen LogP contribution is 2.46. The summed E-state index contributed by atoms with van der Waals surface area (Å²) in [5.74, 6) is -0.387. The minimum Gasteiger partial charge on any atom is -0.324 e. The van der Waals surface area contributed by atoms with E-state index in [-0.39, 0.29) is 17.9 Å².